The highest BCUT2D eigenvalue weighted by Crippen LogP contribution is 2.39. The van der Waals surface area contributed by atoms with Crippen LogP contribution in [0.2, 0.25) is 0 Å². The fraction of sp³-hybridized carbons (Fsp3) is 0.462. The maximum atomic E-state index is 8.03. The lowest BCUT2D eigenvalue weighted by molar-refractivity contribution is -0.0712. The second-order valence-electron chi connectivity index (χ2n) is 9.55. The number of fused-ring (bicyclic) bond motifs is 2. The Bertz CT molecular complexity index is 1380. The number of benzene rings is 1. The predicted molar refractivity (Wildman–Crippen MR) is 127 cm³/mol. The SMILES string of the molecule is [2H]C([2H])([2H])c1cc(-c2[nH]c3ccc(C4CCN(C5COC5)CC4)cc3c2C(C)C)cn2ncnc12. The number of aromatic nitrogens is 4. The van der Waals surface area contributed by atoms with Crippen molar-refractivity contribution < 1.29 is 8.85 Å². The molecule has 0 unspecified atom stereocenters. The molecule has 2 aliphatic rings. The highest BCUT2D eigenvalue weighted by Gasteiger charge is 2.30. The number of likely N-dealkylation sites (tertiary alicyclic amines) is 1. The number of pyridine rings is 1. The molecule has 0 atom stereocenters. The molecule has 0 saturated carbocycles. The molecule has 1 N–H and O–H groups in total. The van der Waals surface area contributed by atoms with E-state index >= 15 is 0 Å². The van der Waals surface area contributed by atoms with Crippen molar-refractivity contribution in [2.75, 3.05) is 26.3 Å². The summed E-state index contributed by atoms with van der Waals surface area (Å²) in [5.41, 5.74) is 6.03. The zero-order valence-corrected chi connectivity index (χ0v) is 18.6. The Hall–Kier alpha value is -2.70. The van der Waals surface area contributed by atoms with Crippen LogP contribution in [0.5, 0.6) is 0 Å². The highest BCUT2D eigenvalue weighted by molar-refractivity contribution is 5.92. The fourth-order valence-corrected chi connectivity index (χ4v) is 5.41. The van der Waals surface area contributed by atoms with Crippen molar-refractivity contribution in [3.63, 3.8) is 0 Å². The molecule has 6 heteroatoms. The molecule has 0 radical (unpaired) electrons. The second-order valence-corrected chi connectivity index (χ2v) is 9.55. The number of hydrogen-bond acceptors (Lipinski definition) is 4. The third-order valence-corrected chi connectivity index (χ3v) is 7.24. The molecule has 2 saturated heterocycles. The van der Waals surface area contributed by atoms with Crippen molar-refractivity contribution >= 4 is 16.6 Å². The van der Waals surface area contributed by atoms with Gasteiger partial charge >= 0.3 is 0 Å². The van der Waals surface area contributed by atoms with Gasteiger partial charge in [0.25, 0.3) is 0 Å². The average Bonchev–Trinajstić information content (AvgIpc) is 3.41. The highest BCUT2D eigenvalue weighted by atomic mass is 16.5. The number of nitrogens with one attached hydrogen (secondary N) is 1. The molecule has 0 bridgehead atoms. The van der Waals surface area contributed by atoms with Crippen LogP contribution in [0.15, 0.2) is 36.8 Å². The average molecular weight is 433 g/mol. The minimum absolute atomic E-state index is 0.213. The summed E-state index contributed by atoms with van der Waals surface area (Å²) in [5.74, 6) is 0.820. The summed E-state index contributed by atoms with van der Waals surface area (Å²) in [6.45, 7) is 6.12. The Balaban J connectivity index is 1.40. The van der Waals surface area contributed by atoms with Gasteiger partial charge in [-0.1, -0.05) is 19.9 Å². The van der Waals surface area contributed by atoms with Crippen molar-refractivity contribution in [3.05, 3.63) is 53.5 Å². The number of nitrogens with zero attached hydrogens (tertiary/aromatic N) is 4. The molecule has 2 fully saturated rings. The van der Waals surface area contributed by atoms with Crippen LogP contribution in [-0.4, -0.2) is 56.8 Å². The van der Waals surface area contributed by atoms with E-state index in [2.05, 4.69) is 52.0 Å². The molecule has 0 amide bonds. The van der Waals surface area contributed by atoms with Crippen LogP contribution >= 0.6 is 0 Å². The number of hydrogen-bond donors (Lipinski definition) is 1. The van der Waals surface area contributed by atoms with Gasteiger partial charge in [0, 0.05) is 26.8 Å². The van der Waals surface area contributed by atoms with Gasteiger partial charge in [0.15, 0.2) is 5.65 Å². The normalized spacial score (nSPS) is 20.5. The van der Waals surface area contributed by atoms with E-state index in [1.165, 1.54) is 35.7 Å². The van der Waals surface area contributed by atoms with Crippen molar-refractivity contribution in [1.82, 2.24) is 24.5 Å². The summed E-state index contributed by atoms with van der Waals surface area (Å²) in [6, 6.07) is 9.16. The Morgan fingerprint density at radius 2 is 2.03 bits per heavy atom. The number of H-pyrrole nitrogens is 1. The van der Waals surface area contributed by atoms with Crippen molar-refractivity contribution in [2.24, 2.45) is 0 Å². The van der Waals surface area contributed by atoms with Gasteiger partial charge in [0.2, 0.25) is 0 Å². The Labute approximate surface area is 192 Å². The van der Waals surface area contributed by atoms with Crippen LogP contribution < -0.4 is 0 Å². The molecule has 2 aliphatic heterocycles. The van der Waals surface area contributed by atoms with E-state index in [0.29, 0.717) is 17.6 Å². The first-order chi connectivity index (χ1) is 16.8. The topological polar surface area (TPSA) is 58.5 Å². The summed E-state index contributed by atoms with van der Waals surface area (Å²) in [6.07, 6.45) is 5.61. The van der Waals surface area contributed by atoms with Crippen LogP contribution in [0.4, 0.5) is 0 Å². The first kappa shape index (κ1) is 16.9. The van der Waals surface area contributed by atoms with Crippen LogP contribution in [0.25, 0.3) is 27.8 Å². The zero-order valence-electron chi connectivity index (χ0n) is 21.6. The van der Waals surface area contributed by atoms with E-state index in [-0.39, 0.29) is 11.5 Å². The number of aryl methyl sites for hydroxylation is 1. The smallest absolute Gasteiger partial charge is 0.158 e. The van der Waals surface area contributed by atoms with Crippen LogP contribution in [0.1, 0.15) is 59.3 Å². The van der Waals surface area contributed by atoms with Gasteiger partial charge in [-0.15, -0.1) is 0 Å². The predicted octanol–water partition coefficient (Wildman–Crippen LogP) is 4.89. The quantitative estimate of drug-likeness (QED) is 0.499. The van der Waals surface area contributed by atoms with E-state index in [1.807, 2.05) is 6.20 Å². The molecule has 3 aromatic heterocycles. The van der Waals surface area contributed by atoms with Crippen molar-refractivity contribution in [2.45, 2.75) is 51.4 Å². The lowest BCUT2D eigenvalue weighted by atomic mass is 9.87. The van der Waals surface area contributed by atoms with Crippen LogP contribution in [0, 0.1) is 6.85 Å². The second kappa shape index (κ2) is 7.71. The van der Waals surface area contributed by atoms with Crippen LogP contribution in [0.3, 0.4) is 0 Å². The molecule has 0 aliphatic carbocycles. The summed E-state index contributed by atoms with van der Waals surface area (Å²) < 4.78 is 31.0. The lowest BCUT2D eigenvalue weighted by Crippen LogP contribution is -2.51. The number of rotatable bonds is 4. The molecule has 166 valence electrons. The number of piperidine rings is 1. The van der Waals surface area contributed by atoms with E-state index in [1.54, 1.807) is 10.6 Å². The van der Waals surface area contributed by atoms with Gasteiger partial charge in [0.1, 0.15) is 6.33 Å². The standard InChI is InChI=1S/C26H31N5O/c1-16(2)24-22-11-19(18-6-8-30(9-7-18)21-13-32-14-21)4-5-23(22)29-25(24)20-10-17(3)26-27-15-28-31(26)12-20/h4-5,10-12,15-16,18,21,29H,6-9,13-14H2,1-3H3/i3D3. The first-order valence-electron chi connectivity index (χ1n) is 13.1. The number of ether oxygens (including phenoxy) is 1. The zero-order chi connectivity index (χ0) is 24.3. The maximum Gasteiger partial charge on any atom is 0.158 e. The molecule has 1 aromatic carbocycles. The van der Waals surface area contributed by atoms with E-state index < -0.39 is 6.85 Å². The van der Waals surface area contributed by atoms with Crippen LogP contribution in [-0.2, 0) is 4.74 Å². The largest absolute Gasteiger partial charge is 0.378 e. The molecule has 5 heterocycles. The Morgan fingerprint density at radius 3 is 2.75 bits per heavy atom. The van der Waals surface area contributed by atoms with E-state index in [0.717, 1.165) is 43.1 Å². The summed E-state index contributed by atoms with van der Waals surface area (Å²) in [5, 5.41) is 5.46. The van der Waals surface area contributed by atoms with Gasteiger partial charge in [-0.05, 0) is 79.5 Å². The van der Waals surface area contributed by atoms with Gasteiger partial charge in [-0.3, -0.25) is 4.90 Å². The van der Waals surface area contributed by atoms with Crippen molar-refractivity contribution in [1.29, 1.82) is 0 Å². The van der Waals surface area contributed by atoms with Crippen molar-refractivity contribution in [3.8, 4) is 11.3 Å². The molecular formula is C26H31N5O. The van der Waals surface area contributed by atoms with Gasteiger partial charge in [-0.25, -0.2) is 9.50 Å². The number of aromatic amines is 1. The van der Waals surface area contributed by atoms with Gasteiger partial charge < -0.3 is 9.72 Å². The molecular weight excluding hydrogens is 398 g/mol. The third-order valence-electron chi connectivity index (χ3n) is 7.24. The Morgan fingerprint density at radius 1 is 1.19 bits per heavy atom. The van der Waals surface area contributed by atoms with Gasteiger partial charge in [0.05, 0.1) is 24.9 Å². The molecule has 0 spiro atoms. The van der Waals surface area contributed by atoms with Gasteiger partial charge in [-0.2, -0.15) is 5.10 Å². The summed E-state index contributed by atoms with van der Waals surface area (Å²) >= 11 is 0. The Kier molecular flexibility index (Phi) is 4.06. The minimum atomic E-state index is -2.28. The fourth-order valence-electron chi connectivity index (χ4n) is 5.41. The summed E-state index contributed by atoms with van der Waals surface area (Å²) in [4.78, 5) is 10.4. The van der Waals surface area contributed by atoms with E-state index in [9.17, 15) is 0 Å². The monoisotopic (exact) mass is 432 g/mol. The molecule has 32 heavy (non-hydrogen) atoms. The minimum Gasteiger partial charge on any atom is -0.378 e. The van der Waals surface area contributed by atoms with E-state index in [4.69, 9.17) is 8.85 Å². The third kappa shape index (κ3) is 3.24. The summed E-state index contributed by atoms with van der Waals surface area (Å²) in [7, 11) is 0. The molecule has 6 rings (SSSR count). The maximum absolute atomic E-state index is 8.03. The molecule has 4 aromatic rings. The first-order valence-corrected chi connectivity index (χ1v) is 11.6. The molecule has 6 nitrogen and oxygen atoms in total. The lowest BCUT2D eigenvalue weighted by Gasteiger charge is -2.41.